The van der Waals surface area contributed by atoms with Crippen molar-refractivity contribution < 1.29 is 0 Å². The van der Waals surface area contributed by atoms with Crippen molar-refractivity contribution in [2.45, 2.75) is 6.92 Å². The Morgan fingerprint density at radius 1 is 1.26 bits per heavy atom. The summed E-state index contributed by atoms with van der Waals surface area (Å²) >= 11 is 14.5. The first-order valence-corrected chi connectivity index (χ1v) is 7.08. The van der Waals surface area contributed by atoms with Gasteiger partial charge in [0.05, 0.1) is 0 Å². The van der Waals surface area contributed by atoms with E-state index in [0.29, 0.717) is 16.0 Å². The van der Waals surface area contributed by atoms with Crippen LogP contribution >= 0.6 is 39.7 Å². The van der Waals surface area contributed by atoms with Crippen LogP contribution < -0.4 is 10.6 Å². The lowest BCUT2D eigenvalue weighted by Gasteiger charge is -2.12. The third-order valence-electron chi connectivity index (χ3n) is 2.42. The largest absolute Gasteiger partial charge is 0.332 e. The van der Waals surface area contributed by atoms with Gasteiger partial charge in [0.25, 0.3) is 0 Å². The minimum absolute atomic E-state index is 0.472. The molecule has 1 aromatic carbocycles. The van der Waals surface area contributed by atoms with Crippen LogP contribution in [-0.2, 0) is 0 Å². The first-order valence-electron chi connectivity index (χ1n) is 5.50. The summed E-state index contributed by atoms with van der Waals surface area (Å²) in [6.07, 6.45) is 1.70. The van der Waals surface area contributed by atoms with Crippen LogP contribution in [0.5, 0.6) is 0 Å². The van der Waals surface area contributed by atoms with Gasteiger partial charge in [-0.2, -0.15) is 0 Å². The number of rotatable bonds is 2. The molecule has 0 fully saturated rings. The SMILES string of the molecule is Cc1ccc(Cl)cc1NC(=S)Nc1ccc(Br)cn1. The van der Waals surface area contributed by atoms with Gasteiger partial charge in [-0.15, -0.1) is 0 Å². The lowest BCUT2D eigenvalue weighted by atomic mass is 10.2. The number of nitrogens with zero attached hydrogens (tertiary/aromatic N) is 1. The summed E-state index contributed by atoms with van der Waals surface area (Å²) in [5.74, 6) is 0.681. The molecule has 0 saturated heterocycles. The van der Waals surface area contributed by atoms with Crippen LogP contribution in [0.1, 0.15) is 5.56 Å². The number of hydrogen-bond acceptors (Lipinski definition) is 2. The molecule has 0 radical (unpaired) electrons. The van der Waals surface area contributed by atoms with Crippen molar-refractivity contribution in [3.63, 3.8) is 0 Å². The Morgan fingerprint density at radius 2 is 2.05 bits per heavy atom. The summed E-state index contributed by atoms with van der Waals surface area (Å²) in [6, 6.07) is 9.34. The normalized spacial score (nSPS) is 10.1. The fourth-order valence-corrected chi connectivity index (χ4v) is 2.07. The van der Waals surface area contributed by atoms with Gasteiger partial charge < -0.3 is 10.6 Å². The van der Waals surface area contributed by atoms with Crippen molar-refractivity contribution in [3.05, 3.63) is 51.6 Å². The summed E-state index contributed by atoms with van der Waals surface area (Å²) in [7, 11) is 0. The second-order valence-corrected chi connectivity index (χ2v) is 5.66. The van der Waals surface area contributed by atoms with Gasteiger partial charge in [0.1, 0.15) is 5.82 Å². The topological polar surface area (TPSA) is 37.0 Å². The zero-order valence-electron chi connectivity index (χ0n) is 10.1. The van der Waals surface area contributed by atoms with Crippen molar-refractivity contribution in [2.24, 2.45) is 0 Å². The number of aryl methyl sites for hydroxylation is 1. The average Bonchev–Trinajstić information content (AvgIpc) is 2.37. The molecule has 0 bridgehead atoms. The Labute approximate surface area is 130 Å². The number of hydrogen-bond donors (Lipinski definition) is 2. The molecule has 98 valence electrons. The standard InChI is InChI=1S/C13H11BrClN3S/c1-8-2-4-10(15)6-11(8)17-13(19)18-12-5-3-9(14)7-16-12/h2-7H,1H3,(H2,16,17,18,19). The molecule has 3 nitrogen and oxygen atoms in total. The van der Waals surface area contributed by atoms with Gasteiger partial charge in [-0.05, 0) is 64.9 Å². The van der Waals surface area contributed by atoms with E-state index in [1.165, 1.54) is 0 Å². The summed E-state index contributed by atoms with van der Waals surface area (Å²) in [6.45, 7) is 1.99. The molecule has 2 aromatic rings. The summed E-state index contributed by atoms with van der Waals surface area (Å²) < 4.78 is 0.919. The molecule has 2 N–H and O–H groups in total. The third-order valence-corrected chi connectivity index (χ3v) is 3.33. The van der Waals surface area contributed by atoms with E-state index in [1.54, 1.807) is 6.20 Å². The monoisotopic (exact) mass is 355 g/mol. The number of pyridine rings is 1. The first-order chi connectivity index (χ1) is 9.04. The molecule has 0 saturated carbocycles. The van der Waals surface area contributed by atoms with Gasteiger partial charge in [-0.25, -0.2) is 4.98 Å². The molecule has 0 aliphatic carbocycles. The number of aromatic nitrogens is 1. The molecule has 0 aliphatic heterocycles. The molecule has 0 aliphatic rings. The number of benzene rings is 1. The fourth-order valence-electron chi connectivity index (χ4n) is 1.45. The van der Waals surface area contributed by atoms with Gasteiger partial charge in [0, 0.05) is 21.4 Å². The minimum atomic E-state index is 0.472. The van der Waals surface area contributed by atoms with E-state index in [9.17, 15) is 0 Å². The third kappa shape index (κ3) is 4.16. The maximum absolute atomic E-state index is 5.96. The van der Waals surface area contributed by atoms with E-state index in [-0.39, 0.29) is 0 Å². The predicted molar refractivity (Wildman–Crippen MR) is 88.0 cm³/mol. The minimum Gasteiger partial charge on any atom is -0.332 e. The molecule has 0 unspecified atom stereocenters. The van der Waals surface area contributed by atoms with Gasteiger partial charge >= 0.3 is 0 Å². The van der Waals surface area contributed by atoms with Crippen molar-refractivity contribution in [3.8, 4) is 0 Å². The van der Waals surface area contributed by atoms with Crippen LogP contribution in [0, 0.1) is 6.92 Å². The summed E-state index contributed by atoms with van der Waals surface area (Å²) in [4.78, 5) is 4.19. The second-order valence-electron chi connectivity index (χ2n) is 3.90. The zero-order chi connectivity index (χ0) is 13.8. The maximum atomic E-state index is 5.96. The number of anilines is 2. The lowest BCUT2D eigenvalue weighted by molar-refractivity contribution is 1.31. The van der Waals surface area contributed by atoms with E-state index < -0.39 is 0 Å². The van der Waals surface area contributed by atoms with Crippen LogP contribution in [0.25, 0.3) is 0 Å². The van der Waals surface area contributed by atoms with Crippen molar-refractivity contribution in [1.82, 2.24) is 4.98 Å². The highest BCUT2D eigenvalue weighted by Gasteiger charge is 2.03. The molecule has 0 atom stereocenters. The lowest BCUT2D eigenvalue weighted by Crippen LogP contribution is -2.20. The van der Waals surface area contributed by atoms with Gasteiger partial charge in [-0.1, -0.05) is 17.7 Å². The van der Waals surface area contributed by atoms with Crippen LogP contribution in [0.4, 0.5) is 11.5 Å². The molecule has 1 heterocycles. The Hall–Kier alpha value is -1.17. The highest BCUT2D eigenvalue weighted by Crippen LogP contribution is 2.20. The first kappa shape index (κ1) is 14.2. The molecule has 1 aromatic heterocycles. The van der Waals surface area contributed by atoms with E-state index in [2.05, 4.69) is 31.5 Å². The average molecular weight is 357 g/mol. The van der Waals surface area contributed by atoms with Crippen molar-refractivity contribution in [2.75, 3.05) is 10.6 Å². The highest BCUT2D eigenvalue weighted by atomic mass is 79.9. The Kier molecular flexibility index (Phi) is 4.74. The van der Waals surface area contributed by atoms with Crippen LogP contribution in [0.2, 0.25) is 5.02 Å². The van der Waals surface area contributed by atoms with Gasteiger partial charge in [-0.3, -0.25) is 0 Å². The quantitative estimate of drug-likeness (QED) is 0.770. The number of thiocarbonyl (C=S) groups is 1. The Balaban J connectivity index is 2.05. The molecule has 2 rings (SSSR count). The van der Waals surface area contributed by atoms with Gasteiger partial charge in [0.15, 0.2) is 5.11 Å². The van der Waals surface area contributed by atoms with Crippen molar-refractivity contribution in [1.29, 1.82) is 0 Å². The maximum Gasteiger partial charge on any atom is 0.176 e. The Bertz CT molecular complexity index is 601. The predicted octanol–water partition coefficient (Wildman–Crippen LogP) is 4.61. The van der Waals surface area contributed by atoms with Crippen LogP contribution in [-0.4, -0.2) is 10.1 Å². The molecular formula is C13H11BrClN3S. The smallest absolute Gasteiger partial charge is 0.176 e. The highest BCUT2D eigenvalue weighted by molar-refractivity contribution is 9.10. The molecular weight excluding hydrogens is 346 g/mol. The molecule has 0 amide bonds. The van der Waals surface area contributed by atoms with Gasteiger partial charge in [0.2, 0.25) is 0 Å². The van der Waals surface area contributed by atoms with Crippen molar-refractivity contribution >= 4 is 56.4 Å². The second kappa shape index (κ2) is 6.32. The summed E-state index contributed by atoms with van der Waals surface area (Å²) in [5, 5.41) is 7.24. The molecule has 6 heteroatoms. The fraction of sp³-hybridized carbons (Fsp3) is 0.0769. The van der Waals surface area contributed by atoms with E-state index >= 15 is 0 Å². The van der Waals surface area contributed by atoms with E-state index in [1.807, 2.05) is 37.3 Å². The molecule has 19 heavy (non-hydrogen) atoms. The zero-order valence-corrected chi connectivity index (χ0v) is 13.2. The van der Waals surface area contributed by atoms with Crippen LogP contribution in [0.15, 0.2) is 41.0 Å². The van der Waals surface area contributed by atoms with E-state index in [0.717, 1.165) is 15.7 Å². The summed E-state index contributed by atoms with van der Waals surface area (Å²) in [5.41, 5.74) is 1.94. The van der Waals surface area contributed by atoms with E-state index in [4.69, 9.17) is 23.8 Å². The molecule has 0 spiro atoms. The number of nitrogens with one attached hydrogen (secondary N) is 2. The number of halogens is 2. The Morgan fingerprint density at radius 3 is 2.74 bits per heavy atom. The van der Waals surface area contributed by atoms with Crippen LogP contribution in [0.3, 0.4) is 0 Å².